The highest BCUT2D eigenvalue weighted by atomic mass is 19.1. The third kappa shape index (κ3) is 7.79. The Hall–Kier alpha value is -4.91. The summed E-state index contributed by atoms with van der Waals surface area (Å²) in [5.41, 5.74) is 7.35. The lowest BCUT2D eigenvalue weighted by atomic mass is 9.79. The molecule has 0 bridgehead atoms. The van der Waals surface area contributed by atoms with Crippen molar-refractivity contribution < 1.29 is 28.2 Å². The number of carbonyl (C=O) groups excluding carboxylic acids is 2. The van der Waals surface area contributed by atoms with Gasteiger partial charge in [-0.25, -0.2) is 14.0 Å². The first kappa shape index (κ1) is 34.4. The third-order valence-corrected chi connectivity index (χ3v) is 8.76. The van der Waals surface area contributed by atoms with Crippen LogP contribution in [-0.4, -0.2) is 36.2 Å². The quantitative estimate of drug-likeness (QED) is 0.169. The number of methoxy groups -OCH3 is 1. The fourth-order valence-electron chi connectivity index (χ4n) is 6.31. The molecular formula is C41H44FNO5. The van der Waals surface area contributed by atoms with E-state index in [-0.39, 0.29) is 24.2 Å². The molecule has 0 fully saturated rings. The molecule has 5 rings (SSSR count). The Bertz CT molecular complexity index is 1820. The van der Waals surface area contributed by atoms with Crippen molar-refractivity contribution in [2.45, 2.75) is 66.2 Å². The van der Waals surface area contributed by atoms with Crippen LogP contribution in [0.3, 0.4) is 0 Å². The van der Waals surface area contributed by atoms with E-state index in [9.17, 15) is 14.0 Å². The molecule has 2 atom stereocenters. The molecule has 7 heteroatoms. The van der Waals surface area contributed by atoms with Gasteiger partial charge in [-0.3, -0.25) is 0 Å². The standard InChI is InChI=1S/C41H44FNO5/c1-26-17-19-33(27(2)38(26)39(44)47-25-29-13-9-8-10-14-29)35-22-30(21-32-15-11-12-16-34(32)35)24-43(40(45)48-41(4,5)6)28(3)31-18-20-36(42)37(23-31)46-7/h8-20,22-23,28,30H,21,24-25H2,1-7H3/t28-,30-/m1/s1. The highest BCUT2D eigenvalue weighted by Crippen LogP contribution is 2.38. The molecule has 0 aliphatic heterocycles. The van der Waals surface area contributed by atoms with Gasteiger partial charge >= 0.3 is 12.1 Å². The van der Waals surface area contributed by atoms with Gasteiger partial charge < -0.3 is 19.1 Å². The van der Waals surface area contributed by atoms with Crippen LogP contribution >= 0.6 is 0 Å². The highest BCUT2D eigenvalue weighted by Gasteiger charge is 2.32. The summed E-state index contributed by atoms with van der Waals surface area (Å²) in [6.45, 7) is 11.9. The largest absolute Gasteiger partial charge is 0.494 e. The molecule has 0 heterocycles. The van der Waals surface area contributed by atoms with Gasteiger partial charge in [0.15, 0.2) is 11.6 Å². The van der Waals surface area contributed by atoms with Crippen molar-refractivity contribution in [1.82, 2.24) is 4.90 Å². The maximum absolute atomic E-state index is 14.3. The van der Waals surface area contributed by atoms with E-state index in [1.807, 2.05) is 90.1 Å². The molecule has 4 aromatic carbocycles. The number of esters is 1. The van der Waals surface area contributed by atoms with Gasteiger partial charge in [0.25, 0.3) is 0 Å². The molecule has 0 unspecified atom stereocenters. The van der Waals surface area contributed by atoms with Crippen LogP contribution in [0.15, 0.2) is 91.0 Å². The molecule has 1 aliphatic carbocycles. The Labute approximate surface area is 283 Å². The van der Waals surface area contributed by atoms with Crippen LogP contribution in [0, 0.1) is 25.6 Å². The number of aryl methyl sites for hydroxylation is 1. The number of ether oxygens (including phenoxy) is 3. The topological polar surface area (TPSA) is 65.1 Å². The lowest BCUT2D eigenvalue weighted by Gasteiger charge is -2.35. The second kappa shape index (κ2) is 14.5. The van der Waals surface area contributed by atoms with Crippen LogP contribution in [0.25, 0.3) is 5.57 Å². The minimum absolute atomic E-state index is 0.0820. The zero-order valence-electron chi connectivity index (χ0n) is 28.8. The number of fused-ring (bicyclic) bond motifs is 1. The molecule has 0 saturated carbocycles. The Morgan fingerprint density at radius 1 is 0.938 bits per heavy atom. The van der Waals surface area contributed by atoms with Gasteiger partial charge in [0.2, 0.25) is 0 Å². The van der Waals surface area contributed by atoms with Crippen molar-refractivity contribution in [3.63, 3.8) is 0 Å². The average Bonchev–Trinajstić information content (AvgIpc) is 3.05. The molecular weight excluding hydrogens is 605 g/mol. The molecule has 0 radical (unpaired) electrons. The summed E-state index contributed by atoms with van der Waals surface area (Å²) in [5.74, 6) is -0.797. The summed E-state index contributed by atoms with van der Waals surface area (Å²) in [6, 6.07) is 26.1. The van der Waals surface area contributed by atoms with Crippen molar-refractivity contribution in [1.29, 1.82) is 0 Å². The van der Waals surface area contributed by atoms with Crippen molar-refractivity contribution in [2.75, 3.05) is 13.7 Å². The van der Waals surface area contributed by atoms with Crippen LogP contribution in [-0.2, 0) is 22.5 Å². The minimum Gasteiger partial charge on any atom is -0.494 e. The van der Waals surface area contributed by atoms with Gasteiger partial charge in [0, 0.05) is 6.54 Å². The number of hydrogen-bond acceptors (Lipinski definition) is 5. The lowest BCUT2D eigenvalue weighted by Crippen LogP contribution is -2.41. The average molecular weight is 650 g/mol. The number of nitrogens with zero attached hydrogens (tertiary/aromatic N) is 1. The fourth-order valence-corrected chi connectivity index (χ4v) is 6.31. The second-order valence-corrected chi connectivity index (χ2v) is 13.4. The van der Waals surface area contributed by atoms with Crippen LogP contribution in [0.1, 0.15) is 83.0 Å². The van der Waals surface area contributed by atoms with E-state index in [0.717, 1.165) is 44.5 Å². The smallest absolute Gasteiger partial charge is 0.410 e. The number of carbonyl (C=O) groups is 2. The van der Waals surface area contributed by atoms with E-state index in [0.29, 0.717) is 18.5 Å². The highest BCUT2D eigenvalue weighted by molar-refractivity contribution is 5.96. The van der Waals surface area contributed by atoms with Crippen LogP contribution in [0.2, 0.25) is 0 Å². The van der Waals surface area contributed by atoms with Gasteiger partial charge in [0.1, 0.15) is 12.2 Å². The monoisotopic (exact) mass is 649 g/mol. The normalized spacial score (nSPS) is 14.8. The fraction of sp³-hybridized carbons (Fsp3) is 0.317. The first-order valence-electron chi connectivity index (χ1n) is 16.3. The summed E-state index contributed by atoms with van der Waals surface area (Å²) >= 11 is 0. The second-order valence-electron chi connectivity index (χ2n) is 13.4. The number of halogens is 1. The molecule has 48 heavy (non-hydrogen) atoms. The summed E-state index contributed by atoms with van der Waals surface area (Å²) in [6.07, 6.45) is 2.45. The van der Waals surface area contributed by atoms with E-state index < -0.39 is 23.6 Å². The Morgan fingerprint density at radius 3 is 2.35 bits per heavy atom. The molecule has 0 saturated heterocycles. The molecule has 1 amide bonds. The maximum Gasteiger partial charge on any atom is 0.410 e. The lowest BCUT2D eigenvalue weighted by molar-refractivity contribution is 0.0150. The SMILES string of the molecule is COc1cc([C@@H](C)N(C[C@H]2C=C(c3ccc(C)c(C(=O)OCc4ccccc4)c3C)c3ccccc3C2)C(=O)OC(C)(C)C)ccc1F. The van der Waals surface area contributed by atoms with E-state index in [1.165, 1.54) is 13.2 Å². The maximum atomic E-state index is 14.3. The Balaban J connectivity index is 1.52. The molecule has 250 valence electrons. The minimum atomic E-state index is -0.708. The van der Waals surface area contributed by atoms with E-state index in [2.05, 4.69) is 24.3 Å². The van der Waals surface area contributed by atoms with Gasteiger partial charge in [-0.1, -0.05) is 78.9 Å². The predicted molar refractivity (Wildman–Crippen MR) is 186 cm³/mol. The van der Waals surface area contributed by atoms with Gasteiger partial charge in [-0.15, -0.1) is 0 Å². The van der Waals surface area contributed by atoms with Crippen molar-refractivity contribution in [3.8, 4) is 5.75 Å². The predicted octanol–water partition coefficient (Wildman–Crippen LogP) is 9.41. The van der Waals surface area contributed by atoms with Gasteiger partial charge in [0.05, 0.1) is 18.7 Å². The third-order valence-electron chi connectivity index (χ3n) is 8.76. The first-order valence-corrected chi connectivity index (χ1v) is 16.3. The number of rotatable bonds is 9. The summed E-state index contributed by atoms with van der Waals surface area (Å²) in [4.78, 5) is 29.0. The van der Waals surface area contributed by atoms with Crippen molar-refractivity contribution >= 4 is 17.6 Å². The summed E-state index contributed by atoms with van der Waals surface area (Å²) < 4.78 is 31.2. The Morgan fingerprint density at radius 2 is 1.65 bits per heavy atom. The zero-order chi connectivity index (χ0) is 34.6. The number of amides is 1. The van der Waals surface area contributed by atoms with Crippen LogP contribution in [0.4, 0.5) is 9.18 Å². The number of hydrogen-bond donors (Lipinski definition) is 0. The van der Waals surface area contributed by atoms with E-state index in [1.54, 1.807) is 17.0 Å². The summed E-state index contributed by atoms with van der Waals surface area (Å²) in [7, 11) is 1.42. The molecule has 4 aromatic rings. The number of benzene rings is 4. The molecule has 6 nitrogen and oxygen atoms in total. The van der Waals surface area contributed by atoms with Gasteiger partial charge in [-0.2, -0.15) is 0 Å². The van der Waals surface area contributed by atoms with Crippen molar-refractivity contribution in [2.24, 2.45) is 5.92 Å². The Kier molecular flexibility index (Phi) is 10.4. The molecule has 1 aliphatic rings. The van der Waals surface area contributed by atoms with E-state index >= 15 is 0 Å². The van der Waals surface area contributed by atoms with Gasteiger partial charge in [-0.05, 0) is 111 Å². The molecule has 0 N–H and O–H groups in total. The first-order chi connectivity index (χ1) is 22.9. The van der Waals surface area contributed by atoms with E-state index in [4.69, 9.17) is 14.2 Å². The van der Waals surface area contributed by atoms with Crippen LogP contribution < -0.4 is 4.74 Å². The van der Waals surface area contributed by atoms with Crippen LogP contribution in [0.5, 0.6) is 5.75 Å². The van der Waals surface area contributed by atoms with Crippen molar-refractivity contribution in [3.05, 3.63) is 141 Å². The molecule has 0 spiro atoms. The zero-order valence-corrected chi connectivity index (χ0v) is 28.8. The molecule has 0 aromatic heterocycles. The summed E-state index contributed by atoms with van der Waals surface area (Å²) in [5, 5.41) is 0.